The standard InChI is InChI=1S/C16H15BrF2N2O2/c1-10-2-3-11(8-13(10)17)21-16(22)20-6-7-23-12-4-5-14(18)15(19)9-12/h2-5,8-9H,6-7H2,1H3,(H2,20,21,22). The molecule has 0 aliphatic carbocycles. The number of benzene rings is 2. The Morgan fingerprint density at radius 2 is 1.96 bits per heavy atom. The summed E-state index contributed by atoms with van der Waals surface area (Å²) >= 11 is 3.39. The molecular weight excluding hydrogens is 370 g/mol. The number of rotatable bonds is 5. The zero-order valence-corrected chi connectivity index (χ0v) is 13.9. The predicted molar refractivity (Wildman–Crippen MR) is 87.8 cm³/mol. The zero-order chi connectivity index (χ0) is 16.8. The van der Waals surface area contributed by atoms with Crippen LogP contribution in [-0.4, -0.2) is 19.2 Å². The van der Waals surface area contributed by atoms with Crippen LogP contribution in [-0.2, 0) is 0 Å². The van der Waals surface area contributed by atoms with Crippen molar-refractivity contribution in [1.82, 2.24) is 5.32 Å². The number of anilines is 1. The van der Waals surface area contributed by atoms with E-state index in [4.69, 9.17) is 4.74 Å². The van der Waals surface area contributed by atoms with Crippen LogP contribution in [0.3, 0.4) is 0 Å². The Kier molecular flexibility index (Phi) is 5.92. The number of halogens is 3. The van der Waals surface area contributed by atoms with E-state index in [1.54, 1.807) is 12.1 Å². The minimum atomic E-state index is -0.974. The molecular formula is C16H15BrF2N2O2. The first kappa shape index (κ1) is 17.2. The van der Waals surface area contributed by atoms with Crippen LogP contribution in [0.25, 0.3) is 0 Å². The number of carbonyl (C=O) groups excluding carboxylic acids is 1. The molecule has 2 rings (SSSR count). The minimum Gasteiger partial charge on any atom is -0.492 e. The summed E-state index contributed by atoms with van der Waals surface area (Å²) in [7, 11) is 0. The molecule has 0 saturated heterocycles. The first-order chi connectivity index (χ1) is 11.0. The van der Waals surface area contributed by atoms with Crippen molar-refractivity contribution in [2.75, 3.05) is 18.5 Å². The van der Waals surface area contributed by atoms with E-state index < -0.39 is 11.6 Å². The van der Waals surface area contributed by atoms with Crippen molar-refractivity contribution in [3.63, 3.8) is 0 Å². The van der Waals surface area contributed by atoms with Crippen molar-refractivity contribution in [2.24, 2.45) is 0 Å². The van der Waals surface area contributed by atoms with Crippen molar-refractivity contribution in [3.05, 3.63) is 58.1 Å². The molecule has 0 aromatic heterocycles. The highest BCUT2D eigenvalue weighted by Crippen LogP contribution is 2.20. The average Bonchev–Trinajstić information content (AvgIpc) is 2.51. The van der Waals surface area contributed by atoms with Crippen molar-refractivity contribution in [2.45, 2.75) is 6.92 Å². The van der Waals surface area contributed by atoms with E-state index in [0.717, 1.165) is 22.2 Å². The summed E-state index contributed by atoms with van der Waals surface area (Å²) < 4.78 is 31.9. The Bertz CT molecular complexity index is 710. The highest BCUT2D eigenvalue weighted by molar-refractivity contribution is 9.10. The van der Waals surface area contributed by atoms with Crippen LogP contribution in [0, 0.1) is 18.6 Å². The normalized spacial score (nSPS) is 10.3. The maximum absolute atomic E-state index is 13.0. The molecule has 0 atom stereocenters. The molecule has 2 aromatic rings. The van der Waals surface area contributed by atoms with Crippen molar-refractivity contribution >= 4 is 27.6 Å². The van der Waals surface area contributed by atoms with E-state index in [0.29, 0.717) is 5.69 Å². The molecule has 0 radical (unpaired) electrons. The van der Waals surface area contributed by atoms with Crippen LogP contribution in [0.2, 0.25) is 0 Å². The third kappa shape index (κ3) is 5.21. The Hall–Kier alpha value is -2.15. The maximum atomic E-state index is 13.0. The number of ether oxygens (including phenoxy) is 1. The van der Waals surface area contributed by atoms with E-state index in [-0.39, 0.29) is 24.9 Å². The van der Waals surface area contributed by atoms with Gasteiger partial charge >= 0.3 is 6.03 Å². The molecule has 23 heavy (non-hydrogen) atoms. The van der Waals surface area contributed by atoms with Gasteiger partial charge in [0.05, 0.1) is 6.54 Å². The number of nitrogens with one attached hydrogen (secondary N) is 2. The second kappa shape index (κ2) is 7.92. The average molecular weight is 385 g/mol. The summed E-state index contributed by atoms with van der Waals surface area (Å²) in [4.78, 5) is 11.7. The van der Waals surface area contributed by atoms with Gasteiger partial charge in [0.15, 0.2) is 11.6 Å². The van der Waals surface area contributed by atoms with Crippen molar-refractivity contribution in [1.29, 1.82) is 0 Å². The number of aryl methyl sites for hydroxylation is 1. The van der Waals surface area contributed by atoms with Crippen molar-refractivity contribution < 1.29 is 18.3 Å². The Morgan fingerprint density at radius 3 is 2.65 bits per heavy atom. The van der Waals surface area contributed by atoms with Crippen LogP contribution in [0.1, 0.15) is 5.56 Å². The maximum Gasteiger partial charge on any atom is 0.319 e. The minimum absolute atomic E-state index is 0.135. The fourth-order valence-corrected chi connectivity index (χ4v) is 2.12. The molecule has 2 N–H and O–H groups in total. The summed E-state index contributed by atoms with van der Waals surface area (Å²) in [6.07, 6.45) is 0. The molecule has 0 bridgehead atoms. The Labute approximate surface area is 141 Å². The summed E-state index contributed by atoms with van der Waals surface area (Å²) in [5, 5.41) is 5.28. The molecule has 7 heteroatoms. The fraction of sp³-hybridized carbons (Fsp3) is 0.188. The molecule has 0 aliphatic rings. The van der Waals surface area contributed by atoms with Crippen LogP contribution >= 0.6 is 15.9 Å². The molecule has 0 fully saturated rings. The van der Waals surface area contributed by atoms with E-state index in [1.165, 1.54) is 6.07 Å². The number of carbonyl (C=O) groups is 1. The molecule has 2 amide bonds. The molecule has 0 unspecified atom stereocenters. The van der Waals surface area contributed by atoms with Gasteiger partial charge in [0, 0.05) is 16.2 Å². The van der Waals surface area contributed by atoms with Gasteiger partial charge in [-0.3, -0.25) is 0 Å². The molecule has 122 valence electrons. The van der Waals surface area contributed by atoms with E-state index in [1.807, 2.05) is 13.0 Å². The van der Waals surface area contributed by atoms with Crippen LogP contribution < -0.4 is 15.4 Å². The third-order valence-electron chi connectivity index (χ3n) is 2.98. The highest BCUT2D eigenvalue weighted by atomic mass is 79.9. The molecule has 2 aromatic carbocycles. The third-order valence-corrected chi connectivity index (χ3v) is 3.83. The second-order valence-corrected chi connectivity index (χ2v) is 5.62. The second-order valence-electron chi connectivity index (χ2n) is 4.77. The lowest BCUT2D eigenvalue weighted by Crippen LogP contribution is -2.32. The molecule has 0 spiro atoms. The molecule has 0 heterocycles. The first-order valence-electron chi connectivity index (χ1n) is 6.84. The number of urea groups is 1. The van der Waals surface area contributed by atoms with Gasteiger partial charge < -0.3 is 15.4 Å². The van der Waals surface area contributed by atoms with Crippen LogP contribution in [0.5, 0.6) is 5.75 Å². The highest BCUT2D eigenvalue weighted by Gasteiger charge is 2.05. The van der Waals surface area contributed by atoms with Gasteiger partial charge in [-0.25, -0.2) is 13.6 Å². The number of hydrogen-bond donors (Lipinski definition) is 2. The largest absolute Gasteiger partial charge is 0.492 e. The monoisotopic (exact) mass is 384 g/mol. The summed E-state index contributed by atoms with van der Waals surface area (Å²) in [6, 6.07) is 8.35. The van der Waals surface area contributed by atoms with E-state index in [9.17, 15) is 13.6 Å². The fourth-order valence-electron chi connectivity index (χ4n) is 1.75. The Balaban J connectivity index is 1.74. The van der Waals surface area contributed by atoms with Gasteiger partial charge in [-0.05, 0) is 36.8 Å². The van der Waals surface area contributed by atoms with Crippen molar-refractivity contribution in [3.8, 4) is 5.75 Å². The SMILES string of the molecule is Cc1ccc(NC(=O)NCCOc2ccc(F)c(F)c2)cc1Br. The van der Waals surface area contributed by atoms with Gasteiger partial charge in [-0.2, -0.15) is 0 Å². The summed E-state index contributed by atoms with van der Waals surface area (Å²) in [6.45, 7) is 2.30. The van der Waals surface area contributed by atoms with Gasteiger partial charge in [-0.15, -0.1) is 0 Å². The van der Waals surface area contributed by atoms with Crippen LogP contribution in [0.4, 0.5) is 19.3 Å². The van der Waals surface area contributed by atoms with E-state index in [2.05, 4.69) is 26.6 Å². The van der Waals surface area contributed by atoms with Gasteiger partial charge in [0.25, 0.3) is 0 Å². The number of hydrogen-bond acceptors (Lipinski definition) is 2. The summed E-state index contributed by atoms with van der Waals surface area (Å²) in [5.74, 6) is -1.70. The van der Waals surface area contributed by atoms with Gasteiger partial charge in [-0.1, -0.05) is 22.0 Å². The first-order valence-corrected chi connectivity index (χ1v) is 7.64. The smallest absolute Gasteiger partial charge is 0.319 e. The van der Waals surface area contributed by atoms with Crippen LogP contribution in [0.15, 0.2) is 40.9 Å². The lowest BCUT2D eigenvalue weighted by molar-refractivity contribution is 0.247. The Morgan fingerprint density at radius 1 is 1.17 bits per heavy atom. The van der Waals surface area contributed by atoms with Gasteiger partial charge in [0.1, 0.15) is 12.4 Å². The predicted octanol–water partition coefficient (Wildman–Crippen LogP) is 4.24. The zero-order valence-electron chi connectivity index (χ0n) is 12.3. The lowest BCUT2D eigenvalue weighted by Gasteiger charge is -2.10. The molecule has 0 saturated carbocycles. The number of amides is 2. The lowest BCUT2D eigenvalue weighted by atomic mass is 10.2. The molecule has 0 aliphatic heterocycles. The quantitative estimate of drug-likeness (QED) is 0.757. The summed E-state index contributed by atoms with van der Waals surface area (Å²) in [5.41, 5.74) is 1.72. The van der Waals surface area contributed by atoms with Gasteiger partial charge in [0.2, 0.25) is 0 Å². The molecule has 4 nitrogen and oxygen atoms in total. The topological polar surface area (TPSA) is 50.4 Å². The van der Waals surface area contributed by atoms with E-state index >= 15 is 0 Å².